The van der Waals surface area contributed by atoms with Gasteiger partial charge in [0.25, 0.3) is 0 Å². The summed E-state index contributed by atoms with van der Waals surface area (Å²) >= 11 is 0. The molecule has 0 bridgehead atoms. The van der Waals surface area contributed by atoms with Crippen LogP contribution in [0, 0.1) is 0 Å². The Morgan fingerprint density at radius 1 is 1.30 bits per heavy atom. The third kappa shape index (κ3) is 5.67. The van der Waals surface area contributed by atoms with Gasteiger partial charge in [0.1, 0.15) is 0 Å². The number of amides is 3. The minimum atomic E-state index is -0.506. The van der Waals surface area contributed by atoms with E-state index in [1.165, 1.54) is 5.56 Å². The zero-order valence-electron chi connectivity index (χ0n) is 12.9. The number of rotatable bonds is 5. The summed E-state index contributed by atoms with van der Waals surface area (Å²) in [6.07, 6.45) is 1.55. The Kier molecular flexibility index (Phi) is 7.74. The lowest BCUT2D eigenvalue weighted by Gasteiger charge is -2.15. The van der Waals surface area contributed by atoms with Crippen LogP contribution in [0.5, 0.6) is 0 Å². The molecular weight excluding hydrogens is 316 g/mol. The van der Waals surface area contributed by atoms with Crippen LogP contribution in [-0.4, -0.2) is 49.1 Å². The smallest absolute Gasteiger partial charge is 0.321 e. The summed E-state index contributed by atoms with van der Waals surface area (Å²) in [5.74, 6) is -0.119. The van der Waals surface area contributed by atoms with Gasteiger partial charge in [-0.3, -0.25) is 15.0 Å². The number of carbonyl (C=O) groups excluding carboxylic acids is 2. The number of likely N-dealkylation sites (tertiary alicyclic amines) is 1. The monoisotopic (exact) mass is 338 g/mol. The molecule has 126 valence electrons. The summed E-state index contributed by atoms with van der Waals surface area (Å²) in [6.45, 7) is 5.33. The zero-order chi connectivity index (χ0) is 15.9. The van der Waals surface area contributed by atoms with Crippen LogP contribution in [0.15, 0.2) is 43.0 Å². The third-order valence-electron chi connectivity index (χ3n) is 3.70. The van der Waals surface area contributed by atoms with Crippen molar-refractivity contribution in [3.63, 3.8) is 0 Å². The molecule has 4 N–H and O–H groups in total. The Balaban J connectivity index is 0.00000264. The fourth-order valence-corrected chi connectivity index (χ4v) is 2.67. The largest absolute Gasteiger partial charge is 0.334 e. The van der Waals surface area contributed by atoms with Gasteiger partial charge in [0.15, 0.2) is 0 Å². The Hall–Kier alpha value is -1.89. The summed E-state index contributed by atoms with van der Waals surface area (Å²) in [7, 11) is 0. The molecule has 1 aromatic carbocycles. The first-order valence-corrected chi connectivity index (χ1v) is 7.31. The molecule has 6 nitrogen and oxygen atoms in total. The molecule has 3 amide bonds. The third-order valence-corrected chi connectivity index (χ3v) is 3.70. The van der Waals surface area contributed by atoms with Crippen molar-refractivity contribution in [3.05, 3.63) is 48.6 Å². The lowest BCUT2D eigenvalue weighted by Crippen LogP contribution is -2.44. The van der Waals surface area contributed by atoms with Crippen molar-refractivity contribution in [2.24, 2.45) is 5.73 Å². The molecule has 0 radical (unpaired) electrons. The first-order chi connectivity index (χ1) is 10.6. The SMILES string of the molecule is C=CCNC(=O)NC(=O)CN1C[C@@H](N)[C@H](c2ccccc2)C1.Cl. The molecule has 1 fully saturated rings. The van der Waals surface area contributed by atoms with Crippen LogP contribution in [0.2, 0.25) is 0 Å². The number of halogens is 1. The number of nitrogens with one attached hydrogen (secondary N) is 2. The van der Waals surface area contributed by atoms with Gasteiger partial charge in [-0.2, -0.15) is 0 Å². The van der Waals surface area contributed by atoms with Crippen LogP contribution in [-0.2, 0) is 4.79 Å². The molecule has 0 saturated carbocycles. The molecule has 1 aromatic rings. The van der Waals surface area contributed by atoms with E-state index in [1.807, 2.05) is 23.1 Å². The maximum atomic E-state index is 11.8. The number of hydrogen-bond donors (Lipinski definition) is 3. The molecule has 0 aromatic heterocycles. The van der Waals surface area contributed by atoms with Gasteiger partial charge in [-0.05, 0) is 5.56 Å². The first kappa shape index (κ1) is 19.2. The zero-order valence-corrected chi connectivity index (χ0v) is 13.7. The highest BCUT2D eigenvalue weighted by molar-refractivity contribution is 5.95. The summed E-state index contributed by atoms with van der Waals surface area (Å²) in [4.78, 5) is 25.2. The van der Waals surface area contributed by atoms with Gasteiger partial charge in [0.2, 0.25) is 5.91 Å². The summed E-state index contributed by atoms with van der Waals surface area (Å²) in [5.41, 5.74) is 7.36. The van der Waals surface area contributed by atoms with Crippen LogP contribution >= 0.6 is 12.4 Å². The van der Waals surface area contributed by atoms with E-state index >= 15 is 0 Å². The number of benzene rings is 1. The molecule has 1 aliphatic rings. The van der Waals surface area contributed by atoms with Crippen molar-refractivity contribution in [3.8, 4) is 0 Å². The Morgan fingerprint density at radius 3 is 2.65 bits per heavy atom. The van der Waals surface area contributed by atoms with E-state index in [1.54, 1.807) is 6.08 Å². The van der Waals surface area contributed by atoms with Gasteiger partial charge in [0.05, 0.1) is 6.54 Å². The average Bonchev–Trinajstić information content (AvgIpc) is 2.86. The normalized spacial score (nSPS) is 20.4. The van der Waals surface area contributed by atoms with Crippen LogP contribution in [0.3, 0.4) is 0 Å². The fraction of sp³-hybridized carbons (Fsp3) is 0.375. The number of urea groups is 1. The van der Waals surface area contributed by atoms with E-state index in [4.69, 9.17) is 5.73 Å². The molecule has 2 rings (SSSR count). The fourth-order valence-electron chi connectivity index (χ4n) is 2.67. The second kappa shape index (κ2) is 9.29. The number of imide groups is 1. The highest BCUT2D eigenvalue weighted by Crippen LogP contribution is 2.25. The van der Waals surface area contributed by atoms with Gasteiger partial charge < -0.3 is 11.1 Å². The summed E-state index contributed by atoms with van der Waals surface area (Å²) < 4.78 is 0. The van der Waals surface area contributed by atoms with Gasteiger partial charge in [-0.25, -0.2) is 4.79 Å². The van der Waals surface area contributed by atoms with E-state index in [0.29, 0.717) is 19.6 Å². The maximum absolute atomic E-state index is 11.8. The quantitative estimate of drug-likeness (QED) is 0.694. The van der Waals surface area contributed by atoms with Crippen molar-refractivity contribution >= 4 is 24.3 Å². The predicted octanol–water partition coefficient (Wildman–Crippen LogP) is 0.847. The lowest BCUT2D eigenvalue weighted by atomic mass is 9.95. The van der Waals surface area contributed by atoms with Crippen LogP contribution in [0.1, 0.15) is 11.5 Å². The summed E-state index contributed by atoms with van der Waals surface area (Å²) in [5, 5.41) is 4.79. The second-order valence-corrected chi connectivity index (χ2v) is 5.42. The van der Waals surface area contributed by atoms with Crippen LogP contribution < -0.4 is 16.4 Å². The van der Waals surface area contributed by atoms with Crippen LogP contribution in [0.4, 0.5) is 4.79 Å². The topological polar surface area (TPSA) is 87.5 Å². The van der Waals surface area contributed by atoms with Gasteiger partial charge in [-0.15, -0.1) is 19.0 Å². The highest BCUT2D eigenvalue weighted by atomic mass is 35.5. The highest BCUT2D eigenvalue weighted by Gasteiger charge is 2.32. The number of nitrogens with two attached hydrogens (primary N) is 1. The Bertz CT molecular complexity index is 538. The number of nitrogens with zero attached hydrogens (tertiary/aromatic N) is 1. The van der Waals surface area contributed by atoms with Crippen LogP contribution in [0.25, 0.3) is 0 Å². The molecule has 1 saturated heterocycles. The van der Waals surface area contributed by atoms with Crippen molar-refractivity contribution in [1.82, 2.24) is 15.5 Å². The van der Waals surface area contributed by atoms with Gasteiger partial charge in [-0.1, -0.05) is 36.4 Å². The minimum absolute atomic E-state index is 0. The van der Waals surface area contributed by atoms with E-state index < -0.39 is 6.03 Å². The van der Waals surface area contributed by atoms with E-state index in [9.17, 15) is 9.59 Å². The Labute approximate surface area is 142 Å². The number of hydrogen-bond acceptors (Lipinski definition) is 4. The molecule has 2 atom stereocenters. The standard InChI is InChI=1S/C16H22N4O2.ClH/c1-2-8-18-16(22)19-15(21)11-20-9-13(14(17)10-20)12-6-4-3-5-7-12;/h2-7,13-14H,1,8-11,17H2,(H2,18,19,21,22);1H/t13-,14+;/m0./s1. The van der Waals surface area contributed by atoms with Crippen molar-refractivity contribution in [1.29, 1.82) is 0 Å². The minimum Gasteiger partial charge on any atom is -0.334 e. The predicted molar refractivity (Wildman–Crippen MR) is 92.6 cm³/mol. The van der Waals surface area contributed by atoms with Crippen molar-refractivity contribution in [2.45, 2.75) is 12.0 Å². The molecule has 1 heterocycles. The second-order valence-electron chi connectivity index (χ2n) is 5.42. The molecule has 0 spiro atoms. The molecule has 7 heteroatoms. The van der Waals surface area contributed by atoms with E-state index in [0.717, 1.165) is 0 Å². The average molecular weight is 339 g/mol. The summed E-state index contributed by atoms with van der Waals surface area (Å²) in [6, 6.07) is 9.53. The van der Waals surface area contributed by atoms with Crippen molar-refractivity contribution < 1.29 is 9.59 Å². The molecule has 0 unspecified atom stereocenters. The molecule has 1 aliphatic heterocycles. The maximum Gasteiger partial charge on any atom is 0.321 e. The van der Waals surface area contributed by atoms with Gasteiger partial charge in [0, 0.05) is 31.6 Å². The number of carbonyl (C=O) groups is 2. The molecule has 0 aliphatic carbocycles. The Morgan fingerprint density at radius 2 is 2.00 bits per heavy atom. The molecule has 23 heavy (non-hydrogen) atoms. The van der Waals surface area contributed by atoms with Crippen molar-refractivity contribution in [2.75, 3.05) is 26.2 Å². The lowest BCUT2D eigenvalue weighted by molar-refractivity contribution is -0.120. The van der Waals surface area contributed by atoms with E-state index in [-0.39, 0.29) is 36.8 Å². The van der Waals surface area contributed by atoms with E-state index in [2.05, 4.69) is 29.3 Å². The van der Waals surface area contributed by atoms with Gasteiger partial charge >= 0.3 is 6.03 Å². The first-order valence-electron chi connectivity index (χ1n) is 7.31. The molecular formula is C16H23ClN4O2.